The number of phenols is 5. The Bertz CT molecular complexity index is 930. The molecule has 0 aliphatic carbocycles. The first-order valence-electron chi connectivity index (χ1n) is 7.50. The lowest BCUT2D eigenvalue weighted by molar-refractivity contribution is 0.437. The molecule has 0 heterocycles. The Morgan fingerprint density at radius 1 is 0.538 bits per heavy atom. The van der Waals surface area contributed by atoms with Gasteiger partial charge in [0.05, 0.1) is 10.0 Å². The molecule has 5 nitrogen and oxygen atoms in total. The second-order valence-electron chi connectivity index (χ2n) is 5.72. The van der Waals surface area contributed by atoms with Crippen LogP contribution >= 0.6 is 23.2 Å². The molecule has 0 radical (unpaired) electrons. The van der Waals surface area contributed by atoms with Gasteiger partial charge in [0.15, 0.2) is 0 Å². The SMILES string of the molecule is Oc1cc(O)c(C(c2ccccc2O)c2cc(Cl)c(O)cc2O)cc1Cl. The highest BCUT2D eigenvalue weighted by Crippen LogP contribution is 2.47. The van der Waals surface area contributed by atoms with Crippen molar-refractivity contribution in [3.63, 3.8) is 0 Å². The fourth-order valence-electron chi connectivity index (χ4n) is 2.83. The maximum Gasteiger partial charge on any atom is 0.137 e. The normalized spacial score (nSPS) is 11.0. The molecule has 26 heavy (non-hydrogen) atoms. The number of hydrogen-bond donors (Lipinski definition) is 5. The third-order valence-corrected chi connectivity index (χ3v) is 4.67. The summed E-state index contributed by atoms with van der Waals surface area (Å²) in [6.07, 6.45) is 0. The minimum atomic E-state index is -0.868. The quantitative estimate of drug-likeness (QED) is 0.415. The first-order chi connectivity index (χ1) is 12.3. The fraction of sp³-hybridized carbons (Fsp3) is 0.0526. The van der Waals surface area contributed by atoms with Crippen molar-refractivity contribution in [1.29, 1.82) is 0 Å². The minimum Gasteiger partial charge on any atom is -0.508 e. The van der Waals surface area contributed by atoms with E-state index in [0.29, 0.717) is 5.56 Å². The van der Waals surface area contributed by atoms with E-state index in [9.17, 15) is 25.5 Å². The predicted molar refractivity (Wildman–Crippen MR) is 98.6 cm³/mol. The molecule has 5 N–H and O–H groups in total. The van der Waals surface area contributed by atoms with Gasteiger partial charge in [0.2, 0.25) is 0 Å². The van der Waals surface area contributed by atoms with E-state index in [-0.39, 0.29) is 49.9 Å². The zero-order valence-corrected chi connectivity index (χ0v) is 14.7. The van der Waals surface area contributed by atoms with E-state index in [2.05, 4.69) is 0 Å². The molecule has 134 valence electrons. The maximum atomic E-state index is 10.4. The Labute approximate surface area is 158 Å². The maximum absolute atomic E-state index is 10.4. The van der Waals surface area contributed by atoms with Crippen LogP contribution in [0.3, 0.4) is 0 Å². The molecular formula is C19H14Cl2O5. The van der Waals surface area contributed by atoms with Gasteiger partial charge in [-0.1, -0.05) is 41.4 Å². The molecule has 0 saturated carbocycles. The topological polar surface area (TPSA) is 101 Å². The van der Waals surface area contributed by atoms with E-state index in [1.54, 1.807) is 18.2 Å². The second kappa shape index (κ2) is 6.86. The molecule has 0 saturated heterocycles. The van der Waals surface area contributed by atoms with Crippen LogP contribution in [0.25, 0.3) is 0 Å². The van der Waals surface area contributed by atoms with Gasteiger partial charge in [-0.05, 0) is 18.2 Å². The summed E-state index contributed by atoms with van der Waals surface area (Å²) < 4.78 is 0. The molecule has 0 aliphatic rings. The summed E-state index contributed by atoms with van der Waals surface area (Å²) in [7, 11) is 0. The van der Waals surface area contributed by atoms with Crippen molar-refractivity contribution < 1.29 is 25.5 Å². The van der Waals surface area contributed by atoms with Gasteiger partial charge in [0.1, 0.15) is 28.7 Å². The Morgan fingerprint density at radius 3 is 1.46 bits per heavy atom. The molecule has 3 aromatic carbocycles. The summed E-state index contributed by atoms with van der Waals surface area (Å²) in [5.41, 5.74) is 0.819. The predicted octanol–water partition coefficient (Wildman–Crippen LogP) is 4.70. The van der Waals surface area contributed by atoms with Crippen LogP contribution in [-0.4, -0.2) is 25.5 Å². The number of para-hydroxylation sites is 1. The van der Waals surface area contributed by atoms with Crippen LogP contribution in [-0.2, 0) is 0 Å². The first kappa shape index (κ1) is 18.0. The largest absolute Gasteiger partial charge is 0.508 e. The summed E-state index contributed by atoms with van der Waals surface area (Å²) in [6.45, 7) is 0. The second-order valence-corrected chi connectivity index (χ2v) is 6.53. The van der Waals surface area contributed by atoms with Gasteiger partial charge in [0.25, 0.3) is 0 Å². The van der Waals surface area contributed by atoms with Gasteiger partial charge in [-0.15, -0.1) is 0 Å². The van der Waals surface area contributed by atoms with Gasteiger partial charge >= 0.3 is 0 Å². The van der Waals surface area contributed by atoms with Crippen molar-refractivity contribution in [2.75, 3.05) is 0 Å². The molecule has 7 heteroatoms. The zero-order chi connectivity index (χ0) is 19.0. The first-order valence-corrected chi connectivity index (χ1v) is 8.25. The highest BCUT2D eigenvalue weighted by Gasteiger charge is 2.27. The van der Waals surface area contributed by atoms with Crippen LogP contribution in [0.4, 0.5) is 0 Å². The molecule has 0 unspecified atom stereocenters. The fourth-order valence-corrected chi connectivity index (χ4v) is 3.17. The van der Waals surface area contributed by atoms with Crippen LogP contribution in [0.1, 0.15) is 22.6 Å². The smallest absolute Gasteiger partial charge is 0.137 e. The molecule has 0 bridgehead atoms. The monoisotopic (exact) mass is 392 g/mol. The number of aromatic hydroxyl groups is 5. The number of hydrogen-bond acceptors (Lipinski definition) is 5. The lowest BCUT2D eigenvalue weighted by Gasteiger charge is -2.22. The van der Waals surface area contributed by atoms with Gasteiger partial charge < -0.3 is 25.5 Å². The van der Waals surface area contributed by atoms with Crippen molar-refractivity contribution in [3.8, 4) is 28.7 Å². The van der Waals surface area contributed by atoms with Crippen LogP contribution in [0.2, 0.25) is 10.0 Å². The van der Waals surface area contributed by atoms with E-state index >= 15 is 0 Å². The highest BCUT2D eigenvalue weighted by atomic mass is 35.5. The van der Waals surface area contributed by atoms with Crippen molar-refractivity contribution in [2.45, 2.75) is 5.92 Å². The molecule has 3 aromatic rings. The van der Waals surface area contributed by atoms with E-state index in [1.807, 2.05) is 0 Å². The Balaban J connectivity index is 2.34. The summed E-state index contributed by atoms with van der Waals surface area (Å²) >= 11 is 12.0. The minimum absolute atomic E-state index is 0.0115. The molecule has 0 spiro atoms. The molecule has 3 rings (SSSR count). The molecule has 0 atom stereocenters. The third-order valence-electron chi connectivity index (χ3n) is 4.06. The van der Waals surface area contributed by atoms with Crippen molar-refractivity contribution in [2.24, 2.45) is 0 Å². The lowest BCUT2D eigenvalue weighted by Crippen LogP contribution is -2.05. The van der Waals surface area contributed by atoms with Crippen LogP contribution in [0, 0.1) is 0 Å². The third kappa shape index (κ3) is 3.19. The number of benzene rings is 3. The van der Waals surface area contributed by atoms with Crippen molar-refractivity contribution >= 4 is 23.2 Å². The average Bonchev–Trinajstić information content (AvgIpc) is 2.58. The van der Waals surface area contributed by atoms with Crippen LogP contribution in [0.5, 0.6) is 28.7 Å². The van der Waals surface area contributed by atoms with Gasteiger partial charge in [-0.3, -0.25) is 0 Å². The standard InChI is InChI=1S/C19H14Cl2O5/c20-12-5-10(15(23)7-17(12)25)19(9-3-1-2-4-14(9)22)11-6-13(21)18(26)8-16(11)24/h1-8,19,22-26H. The zero-order valence-electron chi connectivity index (χ0n) is 13.2. The van der Waals surface area contributed by atoms with E-state index < -0.39 is 5.92 Å². The lowest BCUT2D eigenvalue weighted by atomic mass is 9.83. The summed E-state index contributed by atoms with van der Waals surface area (Å²) in [5.74, 6) is -2.14. The summed E-state index contributed by atoms with van der Waals surface area (Å²) in [6, 6.07) is 11.2. The molecule has 0 amide bonds. The van der Waals surface area contributed by atoms with Crippen LogP contribution in [0.15, 0.2) is 48.5 Å². The Morgan fingerprint density at radius 2 is 1.00 bits per heavy atom. The number of halogens is 2. The molecule has 0 fully saturated rings. The van der Waals surface area contributed by atoms with Gasteiger partial charge in [-0.2, -0.15) is 0 Å². The Hall–Kier alpha value is -2.76. The van der Waals surface area contributed by atoms with Crippen molar-refractivity contribution in [3.05, 3.63) is 75.3 Å². The highest BCUT2D eigenvalue weighted by molar-refractivity contribution is 6.32. The average molecular weight is 393 g/mol. The number of rotatable bonds is 3. The van der Waals surface area contributed by atoms with E-state index in [4.69, 9.17) is 23.2 Å². The molecular weight excluding hydrogens is 379 g/mol. The van der Waals surface area contributed by atoms with Gasteiger partial charge in [0, 0.05) is 34.7 Å². The summed E-state index contributed by atoms with van der Waals surface area (Å²) in [5, 5.41) is 50.4. The van der Waals surface area contributed by atoms with Crippen LogP contribution < -0.4 is 0 Å². The molecule has 0 aliphatic heterocycles. The molecule has 0 aromatic heterocycles. The van der Waals surface area contributed by atoms with E-state index in [1.165, 1.54) is 18.2 Å². The van der Waals surface area contributed by atoms with E-state index in [0.717, 1.165) is 12.1 Å². The van der Waals surface area contributed by atoms with Crippen molar-refractivity contribution in [1.82, 2.24) is 0 Å². The summed E-state index contributed by atoms with van der Waals surface area (Å²) in [4.78, 5) is 0. The number of phenolic OH excluding ortho intramolecular Hbond substituents is 5. The van der Waals surface area contributed by atoms with Gasteiger partial charge in [-0.25, -0.2) is 0 Å². The Kier molecular flexibility index (Phi) is 4.76.